The van der Waals surface area contributed by atoms with Crippen molar-refractivity contribution in [1.29, 1.82) is 0 Å². The summed E-state index contributed by atoms with van der Waals surface area (Å²) in [6.45, 7) is 1.89. The Bertz CT molecular complexity index is 772. The van der Waals surface area contributed by atoms with E-state index in [1.54, 1.807) is 19.1 Å². The smallest absolute Gasteiger partial charge is 0.262 e. The lowest BCUT2D eigenvalue weighted by Gasteiger charge is -2.13. The van der Waals surface area contributed by atoms with Gasteiger partial charge in [-0.1, -0.05) is 34.8 Å². The summed E-state index contributed by atoms with van der Waals surface area (Å²) in [5, 5.41) is 3.37. The molecule has 0 bridgehead atoms. The molecule has 2 aromatic carbocycles. The zero-order chi connectivity index (χ0) is 18.4. The molecule has 0 saturated carbocycles. The fraction of sp³-hybridized carbons (Fsp3) is 0.176. The monoisotopic (exact) mass is 401 g/mol. The average Bonchev–Trinajstić information content (AvgIpc) is 2.57. The normalized spacial score (nSPS) is 10.2. The molecule has 0 unspecified atom stereocenters. The number of benzene rings is 2. The van der Waals surface area contributed by atoms with Gasteiger partial charge in [0.1, 0.15) is 6.29 Å². The van der Waals surface area contributed by atoms with Gasteiger partial charge in [-0.2, -0.15) is 0 Å². The molecule has 25 heavy (non-hydrogen) atoms. The summed E-state index contributed by atoms with van der Waals surface area (Å²) in [7, 11) is 0. The van der Waals surface area contributed by atoms with E-state index in [2.05, 4.69) is 5.32 Å². The molecule has 0 spiro atoms. The molecular formula is C17H14Cl3NO4. The molecule has 0 aliphatic rings. The van der Waals surface area contributed by atoms with Gasteiger partial charge in [0.25, 0.3) is 5.91 Å². The second-order valence-corrected chi connectivity index (χ2v) is 6.09. The lowest BCUT2D eigenvalue weighted by atomic mass is 10.2. The van der Waals surface area contributed by atoms with Crippen LogP contribution in [0.25, 0.3) is 0 Å². The molecule has 8 heteroatoms. The molecule has 0 aliphatic carbocycles. The van der Waals surface area contributed by atoms with Gasteiger partial charge in [-0.3, -0.25) is 9.59 Å². The number of hydrogen-bond donors (Lipinski definition) is 1. The highest BCUT2D eigenvalue weighted by molar-refractivity contribution is 6.42. The fourth-order valence-corrected chi connectivity index (χ4v) is 2.88. The Balaban J connectivity index is 2.06. The Morgan fingerprint density at radius 2 is 1.76 bits per heavy atom. The van der Waals surface area contributed by atoms with Crippen LogP contribution in [0.1, 0.15) is 17.3 Å². The van der Waals surface area contributed by atoms with Crippen molar-refractivity contribution in [3.05, 3.63) is 51.0 Å². The highest BCUT2D eigenvalue weighted by atomic mass is 35.5. The predicted molar refractivity (Wildman–Crippen MR) is 98.6 cm³/mol. The second-order valence-electron chi connectivity index (χ2n) is 4.84. The summed E-state index contributed by atoms with van der Waals surface area (Å²) in [6.07, 6.45) is 0.698. The van der Waals surface area contributed by atoms with E-state index in [0.29, 0.717) is 35.0 Å². The number of amides is 1. The van der Waals surface area contributed by atoms with Gasteiger partial charge in [-0.25, -0.2) is 0 Å². The minimum atomic E-state index is -0.465. The molecule has 5 nitrogen and oxygen atoms in total. The standard InChI is InChI=1S/C17H14Cl3NO4/c1-2-24-15-5-10(8-22)3-4-14(15)25-9-16(23)21-17-12(19)6-11(18)7-13(17)20/h3-8H,2,9H2,1H3,(H,21,23). The Hall–Kier alpha value is -1.95. The van der Waals surface area contributed by atoms with E-state index in [9.17, 15) is 9.59 Å². The zero-order valence-corrected chi connectivity index (χ0v) is 15.4. The van der Waals surface area contributed by atoms with Gasteiger partial charge < -0.3 is 14.8 Å². The number of carbonyl (C=O) groups excluding carboxylic acids is 2. The first-order chi connectivity index (χ1) is 11.9. The molecule has 0 fully saturated rings. The number of hydrogen-bond acceptors (Lipinski definition) is 4. The summed E-state index contributed by atoms with van der Waals surface area (Å²) in [5.74, 6) is 0.256. The zero-order valence-electron chi connectivity index (χ0n) is 13.1. The van der Waals surface area contributed by atoms with Crippen molar-refractivity contribution in [3.8, 4) is 11.5 Å². The lowest BCUT2D eigenvalue weighted by Crippen LogP contribution is -2.20. The SMILES string of the molecule is CCOc1cc(C=O)ccc1OCC(=O)Nc1c(Cl)cc(Cl)cc1Cl. The van der Waals surface area contributed by atoms with Crippen LogP contribution >= 0.6 is 34.8 Å². The van der Waals surface area contributed by atoms with Gasteiger partial charge >= 0.3 is 0 Å². The number of halogens is 3. The summed E-state index contributed by atoms with van der Waals surface area (Å²) < 4.78 is 10.9. The first-order valence-electron chi connectivity index (χ1n) is 7.23. The van der Waals surface area contributed by atoms with Gasteiger partial charge in [-0.05, 0) is 37.3 Å². The van der Waals surface area contributed by atoms with E-state index in [1.165, 1.54) is 18.2 Å². The number of rotatable bonds is 7. The van der Waals surface area contributed by atoms with Crippen molar-refractivity contribution >= 4 is 52.7 Å². The van der Waals surface area contributed by atoms with Crippen LogP contribution in [0.2, 0.25) is 15.1 Å². The van der Waals surface area contributed by atoms with Gasteiger partial charge in [0.15, 0.2) is 18.1 Å². The Morgan fingerprint density at radius 3 is 2.36 bits per heavy atom. The summed E-state index contributed by atoms with van der Waals surface area (Å²) >= 11 is 17.9. The number of ether oxygens (including phenoxy) is 2. The van der Waals surface area contributed by atoms with E-state index in [1.807, 2.05) is 0 Å². The van der Waals surface area contributed by atoms with E-state index < -0.39 is 5.91 Å². The Labute approximate surface area is 159 Å². The predicted octanol–water partition coefficient (Wildman–Crippen LogP) is 4.88. The first-order valence-corrected chi connectivity index (χ1v) is 8.37. The Morgan fingerprint density at radius 1 is 1.08 bits per heavy atom. The minimum Gasteiger partial charge on any atom is -0.490 e. The van der Waals surface area contributed by atoms with Crippen LogP contribution in [0.3, 0.4) is 0 Å². The number of aldehydes is 1. The summed E-state index contributed by atoms with van der Waals surface area (Å²) in [6, 6.07) is 7.60. The van der Waals surface area contributed by atoms with Gasteiger partial charge in [0, 0.05) is 10.6 Å². The minimum absolute atomic E-state index is 0.219. The van der Waals surface area contributed by atoms with Crippen molar-refractivity contribution in [2.45, 2.75) is 6.92 Å². The topological polar surface area (TPSA) is 64.6 Å². The number of nitrogens with one attached hydrogen (secondary N) is 1. The van der Waals surface area contributed by atoms with Crippen LogP contribution < -0.4 is 14.8 Å². The van der Waals surface area contributed by atoms with Gasteiger partial charge in [-0.15, -0.1) is 0 Å². The van der Waals surface area contributed by atoms with E-state index in [0.717, 1.165) is 0 Å². The molecule has 0 aliphatic heterocycles. The van der Waals surface area contributed by atoms with E-state index in [4.69, 9.17) is 44.3 Å². The molecule has 1 N–H and O–H groups in total. The fourth-order valence-electron chi connectivity index (χ4n) is 1.97. The molecule has 0 saturated heterocycles. The molecule has 1 amide bonds. The van der Waals surface area contributed by atoms with Crippen LogP contribution in [0.15, 0.2) is 30.3 Å². The number of carbonyl (C=O) groups is 2. The van der Waals surface area contributed by atoms with Crippen molar-refractivity contribution in [1.82, 2.24) is 0 Å². The highest BCUT2D eigenvalue weighted by Crippen LogP contribution is 2.33. The number of anilines is 1. The van der Waals surface area contributed by atoms with E-state index >= 15 is 0 Å². The third-order valence-corrected chi connectivity index (χ3v) is 3.85. The maximum Gasteiger partial charge on any atom is 0.262 e. The van der Waals surface area contributed by atoms with Crippen LogP contribution in [-0.4, -0.2) is 25.4 Å². The molecule has 0 radical (unpaired) electrons. The first kappa shape index (κ1) is 19.4. The van der Waals surface area contributed by atoms with Gasteiger partial charge in [0.05, 0.1) is 22.3 Å². The lowest BCUT2D eigenvalue weighted by molar-refractivity contribution is -0.118. The molecule has 2 aromatic rings. The molecule has 132 valence electrons. The summed E-state index contributed by atoms with van der Waals surface area (Å²) in [5.41, 5.74) is 0.697. The maximum absolute atomic E-state index is 12.1. The van der Waals surface area contributed by atoms with Gasteiger partial charge in [0.2, 0.25) is 0 Å². The third-order valence-electron chi connectivity index (χ3n) is 3.03. The molecule has 0 heterocycles. The molecule has 2 rings (SSSR count). The third kappa shape index (κ3) is 5.26. The molecule has 0 aromatic heterocycles. The van der Waals surface area contributed by atoms with Crippen LogP contribution in [-0.2, 0) is 4.79 Å². The summed E-state index contributed by atoms with van der Waals surface area (Å²) in [4.78, 5) is 22.9. The van der Waals surface area contributed by atoms with E-state index in [-0.39, 0.29) is 22.3 Å². The average molecular weight is 403 g/mol. The van der Waals surface area contributed by atoms with Crippen LogP contribution in [0, 0.1) is 0 Å². The van der Waals surface area contributed by atoms with Crippen molar-refractivity contribution < 1.29 is 19.1 Å². The van der Waals surface area contributed by atoms with Crippen LogP contribution in [0.4, 0.5) is 5.69 Å². The Kier molecular flexibility index (Phi) is 6.93. The molecular weight excluding hydrogens is 389 g/mol. The highest BCUT2D eigenvalue weighted by Gasteiger charge is 2.13. The molecule has 0 atom stereocenters. The second kappa shape index (κ2) is 8.94. The van der Waals surface area contributed by atoms with Crippen LogP contribution in [0.5, 0.6) is 11.5 Å². The largest absolute Gasteiger partial charge is 0.490 e. The quantitative estimate of drug-likeness (QED) is 0.671. The maximum atomic E-state index is 12.1. The van der Waals surface area contributed by atoms with Crippen molar-refractivity contribution in [2.75, 3.05) is 18.5 Å². The van der Waals surface area contributed by atoms with Crippen molar-refractivity contribution in [2.24, 2.45) is 0 Å². The van der Waals surface area contributed by atoms with Crippen molar-refractivity contribution in [3.63, 3.8) is 0 Å².